The maximum Gasteiger partial charge on any atom is 0.143 e. The standard InChI is InChI=1S/C19H23N5O/c1-15(16-7-9-19(10-8-16)24-14-21-22-23-24)20-13-18(11-12-25)17-5-3-2-4-6-17/h2-10,14-15,18,20,25H,11-13H2,1H3. The molecule has 0 fully saturated rings. The van der Waals surface area contributed by atoms with Crippen LogP contribution in [-0.4, -0.2) is 38.5 Å². The number of nitrogens with zero attached hydrogens (tertiary/aromatic N) is 4. The highest BCUT2D eigenvalue weighted by molar-refractivity contribution is 5.34. The maximum absolute atomic E-state index is 9.36. The lowest BCUT2D eigenvalue weighted by molar-refractivity contribution is 0.272. The van der Waals surface area contributed by atoms with Gasteiger partial charge in [0.15, 0.2) is 0 Å². The summed E-state index contributed by atoms with van der Waals surface area (Å²) in [4.78, 5) is 0. The Morgan fingerprint density at radius 3 is 2.44 bits per heavy atom. The fourth-order valence-corrected chi connectivity index (χ4v) is 2.90. The lowest BCUT2D eigenvalue weighted by atomic mass is 9.95. The van der Waals surface area contributed by atoms with E-state index in [1.165, 1.54) is 11.1 Å². The van der Waals surface area contributed by atoms with Gasteiger partial charge in [0.1, 0.15) is 6.33 Å². The maximum atomic E-state index is 9.36. The first kappa shape index (κ1) is 17.3. The first-order valence-electron chi connectivity index (χ1n) is 8.50. The predicted molar refractivity (Wildman–Crippen MR) is 96.5 cm³/mol. The SMILES string of the molecule is CC(NCC(CCO)c1ccccc1)c1ccc(-n2cnnn2)cc1. The molecule has 0 spiro atoms. The van der Waals surface area contributed by atoms with Gasteiger partial charge in [-0.3, -0.25) is 0 Å². The number of aliphatic hydroxyl groups is 1. The van der Waals surface area contributed by atoms with Crippen molar-refractivity contribution in [3.63, 3.8) is 0 Å². The summed E-state index contributed by atoms with van der Waals surface area (Å²) in [6.07, 6.45) is 2.33. The van der Waals surface area contributed by atoms with E-state index in [-0.39, 0.29) is 12.6 Å². The molecule has 6 heteroatoms. The van der Waals surface area contributed by atoms with E-state index >= 15 is 0 Å². The third-order valence-corrected chi connectivity index (χ3v) is 4.43. The van der Waals surface area contributed by atoms with Crippen molar-refractivity contribution in [3.05, 3.63) is 72.1 Å². The lowest BCUT2D eigenvalue weighted by Gasteiger charge is -2.21. The van der Waals surface area contributed by atoms with Crippen molar-refractivity contribution in [1.82, 2.24) is 25.5 Å². The van der Waals surface area contributed by atoms with Crippen LogP contribution in [-0.2, 0) is 0 Å². The number of rotatable bonds is 8. The highest BCUT2D eigenvalue weighted by atomic mass is 16.3. The minimum Gasteiger partial charge on any atom is -0.396 e. The van der Waals surface area contributed by atoms with Crippen molar-refractivity contribution in [3.8, 4) is 5.69 Å². The number of nitrogens with one attached hydrogen (secondary N) is 1. The molecule has 6 nitrogen and oxygen atoms in total. The van der Waals surface area contributed by atoms with Crippen molar-refractivity contribution in [2.75, 3.05) is 13.2 Å². The molecular weight excluding hydrogens is 314 g/mol. The molecule has 0 aliphatic heterocycles. The summed E-state index contributed by atoms with van der Waals surface area (Å²) in [5, 5.41) is 24.1. The molecule has 2 aromatic carbocycles. The first-order valence-corrected chi connectivity index (χ1v) is 8.50. The molecule has 0 saturated heterocycles. The molecule has 2 N–H and O–H groups in total. The van der Waals surface area contributed by atoms with Crippen LogP contribution in [0.15, 0.2) is 60.9 Å². The van der Waals surface area contributed by atoms with Gasteiger partial charge in [0.25, 0.3) is 0 Å². The average molecular weight is 337 g/mol. The normalized spacial score (nSPS) is 13.5. The minimum absolute atomic E-state index is 0.191. The van der Waals surface area contributed by atoms with E-state index in [1.54, 1.807) is 11.0 Å². The molecule has 1 heterocycles. The van der Waals surface area contributed by atoms with Crippen LogP contribution < -0.4 is 5.32 Å². The van der Waals surface area contributed by atoms with E-state index in [4.69, 9.17) is 0 Å². The zero-order chi connectivity index (χ0) is 17.5. The quantitative estimate of drug-likeness (QED) is 0.660. The number of aliphatic hydroxyl groups excluding tert-OH is 1. The molecule has 25 heavy (non-hydrogen) atoms. The molecule has 1 aromatic heterocycles. The third-order valence-electron chi connectivity index (χ3n) is 4.43. The van der Waals surface area contributed by atoms with Crippen LogP contribution in [0.2, 0.25) is 0 Å². The van der Waals surface area contributed by atoms with Crippen molar-refractivity contribution in [2.24, 2.45) is 0 Å². The summed E-state index contributed by atoms with van der Waals surface area (Å²) in [6, 6.07) is 18.7. The van der Waals surface area contributed by atoms with E-state index in [9.17, 15) is 5.11 Å². The minimum atomic E-state index is 0.191. The molecule has 2 unspecified atom stereocenters. The van der Waals surface area contributed by atoms with E-state index in [0.717, 1.165) is 18.7 Å². The molecule has 2 atom stereocenters. The van der Waals surface area contributed by atoms with E-state index in [0.29, 0.717) is 5.92 Å². The van der Waals surface area contributed by atoms with E-state index in [2.05, 4.69) is 52.0 Å². The molecular formula is C19H23N5O. The van der Waals surface area contributed by atoms with Gasteiger partial charge in [0, 0.05) is 19.2 Å². The van der Waals surface area contributed by atoms with Crippen molar-refractivity contribution >= 4 is 0 Å². The average Bonchev–Trinajstić information content (AvgIpc) is 3.20. The summed E-state index contributed by atoms with van der Waals surface area (Å²) in [5.74, 6) is 0.300. The molecule has 130 valence electrons. The fourth-order valence-electron chi connectivity index (χ4n) is 2.90. The Bertz CT molecular complexity index is 743. The summed E-state index contributed by atoms with van der Waals surface area (Å²) in [5.41, 5.74) is 3.39. The van der Waals surface area contributed by atoms with Gasteiger partial charge >= 0.3 is 0 Å². The Morgan fingerprint density at radius 2 is 1.80 bits per heavy atom. The van der Waals surface area contributed by atoms with Crippen LogP contribution in [0, 0.1) is 0 Å². The van der Waals surface area contributed by atoms with Crippen molar-refractivity contribution < 1.29 is 5.11 Å². The van der Waals surface area contributed by atoms with E-state index in [1.807, 2.05) is 30.3 Å². The number of aromatic nitrogens is 4. The van der Waals surface area contributed by atoms with Gasteiger partial charge < -0.3 is 10.4 Å². The number of hydrogen-bond acceptors (Lipinski definition) is 5. The zero-order valence-corrected chi connectivity index (χ0v) is 14.3. The third kappa shape index (κ3) is 4.49. The Balaban J connectivity index is 1.62. The second kappa shape index (κ2) is 8.50. The summed E-state index contributed by atoms with van der Waals surface area (Å²) < 4.78 is 1.63. The predicted octanol–water partition coefficient (Wildman–Crippen LogP) is 2.48. The topological polar surface area (TPSA) is 75.9 Å². The smallest absolute Gasteiger partial charge is 0.143 e. The highest BCUT2D eigenvalue weighted by Crippen LogP contribution is 2.21. The van der Waals surface area contributed by atoms with Crippen molar-refractivity contribution in [1.29, 1.82) is 0 Å². The Labute approximate surface area is 147 Å². The molecule has 0 bridgehead atoms. The second-order valence-corrected chi connectivity index (χ2v) is 6.10. The van der Waals surface area contributed by atoms with Crippen LogP contribution in [0.5, 0.6) is 0 Å². The van der Waals surface area contributed by atoms with Gasteiger partial charge in [-0.05, 0) is 52.9 Å². The summed E-state index contributed by atoms with van der Waals surface area (Å²) >= 11 is 0. The Hall–Kier alpha value is -2.57. The Morgan fingerprint density at radius 1 is 1.04 bits per heavy atom. The van der Waals surface area contributed by atoms with Crippen LogP contribution in [0.1, 0.15) is 36.4 Å². The van der Waals surface area contributed by atoms with Crippen LogP contribution in [0.4, 0.5) is 0 Å². The highest BCUT2D eigenvalue weighted by Gasteiger charge is 2.13. The van der Waals surface area contributed by atoms with Gasteiger partial charge in [0.05, 0.1) is 5.69 Å². The molecule has 0 amide bonds. The van der Waals surface area contributed by atoms with Gasteiger partial charge in [-0.25, -0.2) is 4.68 Å². The van der Waals surface area contributed by atoms with Crippen LogP contribution in [0.3, 0.4) is 0 Å². The first-order chi connectivity index (χ1) is 12.3. The van der Waals surface area contributed by atoms with Crippen molar-refractivity contribution in [2.45, 2.75) is 25.3 Å². The second-order valence-electron chi connectivity index (χ2n) is 6.10. The molecule has 0 aliphatic rings. The Kier molecular flexibility index (Phi) is 5.87. The van der Waals surface area contributed by atoms with Gasteiger partial charge in [-0.2, -0.15) is 0 Å². The molecule has 0 radical (unpaired) electrons. The van der Waals surface area contributed by atoms with Crippen LogP contribution >= 0.6 is 0 Å². The monoisotopic (exact) mass is 337 g/mol. The van der Waals surface area contributed by atoms with E-state index < -0.39 is 0 Å². The largest absolute Gasteiger partial charge is 0.396 e. The molecule has 0 saturated carbocycles. The zero-order valence-electron chi connectivity index (χ0n) is 14.3. The molecule has 0 aliphatic carbocycles. The van der Waals surface area contributed by atoms with Gasteiger partial charge in [0.2, 0.25) is 0 Å². The van der Waals surface area contributed by atoms with Crippen LogP contribution in [0.25, 0.3) is 5.69 Å². The number of tetrazole rings is 1. The summed E-state index contributed by atoms with van der Waals surface area (Å²) in [6.45, 7) is 3.16. The van der Waals surface area contributed by atoms with Gasteiger partial charge in [-0.15, -0.1) is 5.10 Å². The molecule has 3 aromatic rings. The summed E-state index contributed by atoms with van der Waals surface area (Å²) in [7, 11) is 0. The number of benzene rings is 2. The lowest BCUT2D eigenvalue weighted by Crippen LogP contribution is -2.25. The fraction of sp³-hybridized carbons (Fsp3) is 0.316. The molecule has 3 rings (SSSR count). The van der Waals surface area contributed by atoms with Gasteiger partial charge in [-0.1, -0.05) is 42.5 Å². The number of hydrogen-bond donors (Lipinski definition) is 2.